The number of halogens is 2. The van der Waals surface area contributed by atoms with Gasteiger partial charge in [-0.1, -0.05) is 31.8 Å². The lowest BCUT2D eigenvalue weighted by Crippen LogP contribution is -2.37. The van der Waals surface area contributed by atoms with Gasteiger partial charge in [0.25, 0.3) is 0 Å². The summed E-state index contributed by atoms with van der Waals surface area (Å²) in [4.78, 5) is 0. The number of alkyl halides is 1. The highest BCUT2D eigenvalue weighted by atomic mass is 35.5. The summed E-state index contributed by atoms with van der Waals surface area (Å²) in [5.41, 5.74) is -0.328. The van der Waals surface area contributed by atoms with Crippen LogP contribution in [0.15, 0.2) is 24.3 Å². The van der Waals surface area contributed by atoms with Gasteiger partial charge in [0.05, 0.1) is 5.88 Å². The van der Waals surface area contributed by atoms with Crippen LogP contribution in [0.25, 0.3) is 0 Å². The Hall–Kier alpha value is -0.383. The van der Waals surface area contributed by atoms with Crippen molar-refractivity contribution >= 4 is 19.7 Å². The van der Waals surface area contributed by atoms with Crippen LogP contribution in [-0.2, 0) is 5.60 Å². The zero-order valence-corrected chi connectivity index (χ0v) is 11.7. The van der Waals surface area contributed by atoms with Gasteiger partial charge in [0, 0.05) is 8.07 Å². The van der Waals surface area contributed by atoms with Crippen LogP contribution in [0.4, 0.5) is 4.39 Å². The molecule has 0 saturated heterocycles. The largest absolute Gasteiger partial charge is 0.384 e. The molecular formula is C12H18ClFOSi. The first-order chi connectivity index (χ1) is 7.27. The van der Waals surface area contributed by atoms with Crippen LogP contribution in [0.1, 0.15) is 5.56 Å². The standard InChI is InChI=1S/C12H18ClFOSi/c1-16(2,3)9-12(15,8-13)10-4-6-11(14)7-5-10/h4-7,15H,8-9H2,1-3H3. The summed E-state index contributed by atoms with van der Waals surface area (Å²) in [5.74, 6) is -0.156. The monoisotopic (exact) mass is 260 g/mol. The van der Waals surface area contributed by atoms with Crippen LogP contribution < -0.4 is 0 Å². The second kappa shape index (κ2) is 4.86. The number of hydrogen-bond donors (Lipinski definition) is 1. The summed E-state index contributed by atoms with van der Waals surface area (Å²) in [7, 11) is -1.44. The summed E-state index contributed by atoms with van der Waals surface area (Å²) in [6.07, 6.45) is 0. The van der Waals surface area contributed by atoms with E-state index in [2.05, 4.69) is 19.6 Å². The lowest BCUT2D eigenvalue weighted by Gasteiger charge is -2.32. The molecule has 0 spiro atoms. The van der Waals surface area contributed by atoms with Gasteiger partial charge in [-0.25, -0.2) is 4.39 Å². The predicted octanol–water partition coefficient (Wildman–Crippen LogP) is 3.59. The number of aliphatic hydroxyl groups is 1. The molecule has 0 aliphatic heterocycles. The smallest absolute Gasteiger partial charge is 0.123 e. The lowest BCUT2D eigenvalue weighted by atomic mass is 9.98. The number of benzene rings is 1. The maximum Gasteiger partial charge on any atom is 0.123 e. The van der Waals surface area contributed by atoms with E-state index in [4.69, 9.17) is 11.6 Å². The van der Waals surface area contributed by atoms with Gasteiger partial charge in [0.1, 0.15) is 11.4 Å². The molecule has 0 bridgehead atoms. The van der Waals surface area contributed by atoms with Crippen LogP contribution in [0, 0.1) is 5.82 Å². The van der Waals surface area contributed by atoms with Gasteiger partial charge >= 0.3 is 0 Å². The van der Waals surface area contributed by atoms with E-state index in [1.54, 1.807) is 12.1 Å². The molecule has 16 heavy (non-hydrogen) atoms. The van der Waals surface area contributed by atoms with Gasteiger partial charge in [0.15, 0.2) is 0 Å². The highest BCUT2D eigenvalue weighted by Gasteiger charge is 2.34. The Labute approximate surface area is 102 Å². The van der Waals surface area contributed by atoms with Gasteiger partial charge in [-0.05, 0) is 23.7 Å². The van der Waals surface area contributed by atoms with Crippen molar-refractivity contribution in [2.45, 2.75) is 31.3 Å². The third-order valence-corrected chi connectivity index (χ3v) is 4.51. The van der Waals surface area contributed by atoms with Crippen molar-refractivity contribution in [2.75, 3.05) is 5.88 Å². The Bertz CT molecular complexity index is 347. The fourth-order valence-corrected chi connectivity index (χ4v) is 4.35. The predicted molar refractivity (Wildman–Crippen MR) is 69.2 cm³/mol. The average Bonchev–Trinajstić information content (AvgIpc) is 2.16. The quantitative estimate of drug-likeness (QED) is 0.648. The van der Waals surface area contributed by atoms with Crippen LogP contribution in [0.2, 0.25) is 25.7 Å². The van der Waals surface area contributed by atoms with Crippen molar-refractivity contribution < 1.29 is 9.50 Å². The Morgan fingerprint density at radius 2 is 1.75 bits per heavy atom. The van der Waals surface area contributed by atoms with E-state index in [1.807, 2.05) is 0 Å². The third-order valence-electron chi connectivity index (χ3n) is 2.43. The molecule has 0 radical (unpaired) electrons. The normalized spacial score (nSPS) is 15.9. The molecule has 0 aliphatic rings. The second-order valence-electron chi connectivity index (χ2n) is 5.41. The Balaban J connectivity index is 3.00. The van der Waals surface area contributed by atoms with E-state index in [0.29, 0.717) is 11.6 Å². The SMILES string of the molecule is C[Si](C)(C)CC(O)(CCl)c1ccc(F)cc1. The molecule has 0 saturated carbocycles. The molecule has 0 aromatic heterocycles. The topological polar surface area (TPSA) is 20.2 Å². The fourth-order valence-electron chi connectivity index (χ4n) is 1.86. The minimum absolute atomic E-state index is 0.142. The summed E-state index contributed by atoms with van der Waals surface area (Å²) >= 11 is 5.87. The Morgan fingerprint density at radius 3 is 2.12 bits per heavy atom. The van der Waals surface area contributed by atoms with Gasteiger partial charge in [-0.15, -0.1) is 11.6 Å². The summed E-state index contributed by atoms with van der Waals surface area (Å²) in [6, 6.07) is 6.61. The summed E-state index contributed by atoms with van der Waals surface area (Å²) in [5, 5.41) is 10.5. The van der Waals surface area contributed by atoms with E-state index in [-0.39, 0.29) is 11.7 Å². The molecule has 1 rings (SSSR count). The fraction of sp³-hybridized carbons (Fsp3) is 0.500. The first-order valence-electron chi connectivity index (χ1n) is 5.31. The first kappa shape index (κ1) is 13.7. The lowest BCUT2D eigenvalue weighted by molar-refractivity contribution is 0.0807. The van der Waals surface area contributed by atoms with E-state index in [1.165, 1.54) is 12.1 Å². The first-order valence-corrected chi connectivity index (χ1v) is 9.55. The summed E-state index contributed by atoms with van der Waals surface area (Å²) in [6.45, 7) is 6.52. The third kappa shape index (κ3) is 3.58. The van der Waals surface area contributed by atoms with Crippen molar-refractivity contribution in [3.8, 4) is 0 Å². The van der Waals surface area contributed by atoms with E-state index >= 15 is 0 Å². The molecule has 0 fully saturated rings. The van der Waals surface area contributed by atoms with Crippen molar-refractivity contribution in [1.29, 1.82) is 0 Å². The molecule has 0 heterocycles. The molecule has 1 N–H and O–H groups in total. The van der Waals surface area contributed by atoms with E-state index in [0.717, 1.165) is 0 Å². The number of hydrogen-bond acceptors (Lipinski definition) is 1. The maximum atomic E-state index is 12.8. The Morgan fingerprint density at radius 1 is 1.25 bits per heavy atom. The molecule has 1 aromatic carbocycles. The maximum absolute atomic E-state index is 12.8. The Kier molecular flexibility index (Phi) is 4.15. The molecule has 1 nitrogen and oxygen atoms in total. The minimum Gasteiger partial charge on any atom is -0.384 e. The van der Waals surface area contributed by atoms with Crippen LogP contribution in [0.3, 0.4) is 0 Å². The average molecular weight is 261 g/mol. The molecule has 0 amide bonds. The van der Waals surface area contributed by atoms with Crippen molar-refractivity contribution in [1.82, 2.24) is 0 Å². The van der Waals surface area contributed by atoms with Gasteiger partial charge in [0.2, 0.25) is 0 Å². The van der Waals surface area contributed by atoms with Crippen molar-refractivity contribution in [2.24, 2.45) is 0 Å². The van der Waals surface area contributed by atoms with E-state index in [9.17, 15) is 9.50 Å². The second-order valence-corrected chi connectivity index (χ2v) is 11.2. The van der Waals surface area contributed by atoms with Crippen LogP contribution in [-0.4, -0.2) is 19.1 Å². The summed E-state index contributed by atoms with van der Waals surface area (Å²) < 4.78 is 12.8. The molecule has 1 atom stereocenters. The molecule has 90 valence electrons. The van der Waals surface area contributed by atoms with Crippen molar-refractivity contribution in [3.63, 3.8) is 0 Å². The highest BCUT2D eigenvalue weighted by Crippen LogP contribution is 2.32. The van der Waals surface area contributed by atoms with Gasteiger partial charge < -0.3 is 5.11 Å². The zero-order valence-electron chi connectivity index (χ0n) is 9.93. The van der Waals surface area contributed by atoms with Gasteiger partial charge in [-0.2, -0.15) is 0 Å². The van der Waals surface area contributed by atoms with Crippen LogP contribution in [0.5, 0.6) is 0 Å². The minimum atomic E-state index is -1.44. The highest BCUT2D eigenvalue weighted by molar-refractivity contribution is 6.76. The molecule has 0 aliphatic carbocycles. The van der Waals surface area contributed by atoms with Gasteiger partial charge in [-0.3, -0.25) is 0 Å². The zero-order chi connectivity index (χ0) is 12.4. The van der Waals surface area contributed by atoms with Crippen molar-refractivity contribution in [3.05, 3.63) is 35.6 Å². The molecule has 1 aromatic rings. The van der Waals surface area contributed by atoms with Crippen LogP contribution >= 0.6 is 11.6 Å². The number of rotatable bonds is 4. The molecular weight excluding hydrogens is 243 g/mol. The molecule has 4 heteroatoms. The molecule has 1 unspecified atom stereocenters. The van der Waals surface area contributed by atoms with E-state index < -0.39 is 13.7 Å².